The van der Waals surface area contributed by atoms with Gasteiger partial charge in [0, 0.05) is 21.8 Å². The number of carbonyl (C=O) groups excluding carboxylic acids is 1. The molecule has 0 bridgehead atoms. The van der Waals surface area contributed by atoms with Crippen molar-refractivity contribution >= 4 is 27.5 Å². The number of halogens is 1. The normalized spacial score (nSPS) is 10.3. The van der Waals surface area contributed by atoms with Gasteiger partial charge in [0.25, 0.3) is 5.91 Å². The van der Waals surface area contributed by atoms with Crippen LogP contribution in [0.4, 0.5) is 5.69 Å². The molecule has 0 aliphatic rings. The lowest BCUT2D eigenvalue weighted by atomic mass is 10.1. The summed E-state index contributed by atoms with van der Waals surface area (Å²) >= 11 is 3.40. The van der Waals surface area contributed by atoms with Crippen molar-refractivity contribution in [1.29, 1.82) is 0 Å². The molecule has 98 valence electrons. The summed E-state index contributed by atoms with van der Waals surface area (Å²) in [6.07, 6.45) is 0. The smallest absolute Gasteiger partial charge is 0.255 e. The molecule has 0 heterocycles. The molecule has 19 heavy (non-hydrogen) atoms. The molecule has 0 aliphatic heterocycles. The van der Waals surface area contributed by atoms with Gasteiger partial charge in [-0.3, -0.25) is 4.79 Å². The maximum absolute atomic E-state index is 12.1. The number of rotatable bonds is 2. The van der Waals surface area contributed by atoms with Crippen LogP contribution in [0, 0.1) is 13.8 Å². The van der Waals surface area contributed by atoms with E-state index in [0.29, 0.717) is 11.3 Å². The Hall–Kier alpha value is -1.81. The van der Waals surface area contributed by atoms with Crippen molar-refractivity contribution in [2.24, 2.45) is 0 Å². The van der Waals surface area contributed by atoms with Crippen LogP contribution >= 0.6 is 15.9 Å². The number of aromatic hydroxyl groups is 1. The quantitative estimate of drug-likeness (QED) is 0.878. The highest BCUT2D eigenvalue weighted by molar-refractivity contribution is 9.10. The monoisotopic (exact) mass is 319 g/mol. The summed E-state index contributed by atoms with van der Waals surface area (Å²) in [6, 6.07) is 10.5. The molecule has 0 atom stereocenters. The van der Waals surface area contributed by atoms with Crippen molar-refractivity contribution in [3.8, 4) is 5.75 Å². The predicted molar refractivity (Wildman–Crippen MR) is 79.7 cm³/mol. The third kappa shape index (κ3) is 3.15. The lowest BCUT2D eigenvalue weighted by Crippen LogP contribution is -2.12. The Balaban J connectivity index is 2.20. The van der Waals surface area contributed by atoms with Crippen molar-refractivity contribution in [2.75, 3.05) is 5.32 Å². The topological polar surface area (TPSA) is 49.3 Å². The first kappa shape index (κ1) is 13.6. The van der Waals surface area contributed by atoms with Crippen molar-refractivity contribution < 1.29 is 9.90 Å². The van der Waals surface area contributed by atoms with Crippen LogP contribution in [0.2, 0.25) is 0 Å². The molecule has 0 unspecified atom stereocenters. The number of phenolic OH excluding ortho intramolecular Hbond substituents is 1. The van der Waals surface area contributed by atoms with Crippen LogP contribution in [0.1, 0.15) is 21.5 Å². The van der Waals surface area contributed by atoms with E-state index in [0.717, 1.165) is 15.6 Å². The summed E-state index contributed by atoms with van der Waals surface area (Å²) in [5.41, 5.74) is 2.94. The summed E-state index contributed by atoms with van der Waals surface area (Å²) in [7, 11) is 0. The second-order valence-electron chi connectivity index (χ2n) is 4.42. The molecule has 0 radical (unpaired) electrons. The van der Waals surface area contributed by atoms with E-state index in [1.165, 1.54) is 0 Å². The van der Waals surface area contributed by atoms with Crippen LogP contribution in [0.25, 0.3) is 0 Å². The van der Waals surface area contributed by atoms with Crippen LogP contribution in [-0.2, 0) is 0 Å². The van der Waals surface area contributed by atoms with Gasteiger partial charge in [0.2, 0.25) is 0 Å². The van der Waals surface area contributed by atoms with Crippen LogP contribution in [0.5, 0.6) is 5.75 Å². The molecule has 2 N–H and O–H groups in total. The van der Waals surface area contributed by atoms with Crippen molar-refractivity contribution in [3.63, 3.8) is 0 Å². The average molecular weight is 320 g/mol. The minimum Gasteiger partial charge on any atom is -0.508 e. The fourth-order valence-corrected chi connectivity index (χ4v) is 1.92. The van der Waals surface area contributed by atoms with E-state index in [1.807, 2.05) is 19.1 Å². The van der Waals surface area contributed by atoms with Gasteiger partial charge >= 0.3 is 0 Å². The van der Waals surface area contributed by atoms with Gasteiger partial charge in [0.1, 0.15) is 5.75 Å². The van der Waals surface area contributed by atoms with Crippen LogP contribution in [0.15, 0.2) is 40.9 Å². The fraction of sp³-hybridized carbons (Fsp3) is 0.133. The van der Waals surface area contributed by atoms with Gasteiger partial charge in [-0.15, -0.1) is 0 Å². The molecule has 0 aromatic heterocycles. The molecule has 0 spiro atoms. The van der Waals surface area contributed by atoms with Gasteiger partial charge in [0.05, 0.1) is 0 Å². The third-order valence-corrected chi connectivity index (χ3v) is 3.78. The molecule has 1 amide bonds. The van der Waals surface area contributed by atoms with Gasteiger partial charge in [-0.1, -0.05) is 22.0 Å². The number of phenols is 1. The maximum atomic E-state index is 12.1. The number of anilines is 1. The van der Waals surface area contributed by atoms with E-state index in [-0.39, 0.29) is 11.7 Å². The molecule has 2 aromatic rings. The minimum absolute atomic E-state index is 0.171. The van der Waals surface area contributed by atoms with Crippen LogP contribution < -0.4 is 5.32 Å². The summed E-state index contributed by atoms with van der Waals surface area (Å²) in [4.78, 5) is 12.1. The molecular formula is C15H14BrNO2. The standard InChI is InChI=1S/C15H14BrNO2/c1-9-3-5-12(8-14(9)18)17-15(19)11-4-6-13(16)10(2)7-11/h3-8,18H,1-2H3,(H,17,19). The number of hydrogen-bond donors (Lipinski definition) is 2. The van der Waals surface area contributed by atoms with Gasteiger partial charge in [-0.25, -0.2) is 0 Å². The molecule has 0 saturated heterocycles. The Morgan fingerprint density at radius 2 is 1.84 bits per heavy atom. The van der Waals surface area contributed by atoms with E-state index in [1.54, 1.807) is 31.2 Å². The lowest BCUT2D eigenvalue weighted by molar-refractivity contribution is 0.102. The second-order valence-corrected chi connectivity index (χ2v) is 5.27. The molecule has 0 aliphatic carbocycles. The number of benzene rings is 2. The van der Waals surface area contributed by atoms with E-state index >= 15 is 0 Å². The Kier molecular flexibility index (Phi) is 3.90. The molecule has 0 saturated carbocycles. The zero-order valence-corrected chi connectivity index (χ0v) is 12.3. The average Bonchev–Trinajstić information content (AvgIpc) is 2.37. The van der Waals surface area contributed by atoms with Gasteiger partial charge < -0.3 is 10.4 Å². The Labute approximate surface area is 120 Å². The first-order valence-electron chi connectivity index (χ1n) is 5.84. The summed E-state index contributed by atoms with van der Waals surface area (Å²) in [6.45, 7) is 3.73. The molecule has 3 nitrogen and oxygen atoms in total. The lowest BCUT2D eigenvalue weighted by Gasteiger charge is -2.08. The Bertz CT molecular complexity index is 638. The zero-order valence-electron chi connectivity index (χ0n) is 10.7. The highest BCUT2D eigenvalue weighted by atomic mass is 79.9. The van der Waals surface area contributed by atoms with Crippen molar-refractivity contribution in [3.05, 3.63) is 57.6 Å². The van der Waals surface area contributed by atoms with Crippen LogP contribution in [-0.4, -0.2) is 11.0 Å². The summed E-state index contributed by atoms with van der Waals surface area (Å²) < 4.78 is 0.969. The first-order chi connectivity index (χ1) is 8.97. The van der Waals surface area contributed by atoms with E-state index < -0.39 is 0 Å². The number of hydrogen-bond acceptors (Lipinski definition) is 2. The number of carbonyl (C=O) groups is 1. The van der Waals surface area contributed by atoms with E-state index in [9.17, 15) is 9.90 Å². The maximum Gasteiger partial charge on any atom is 0.255 e. The summed E-state index contributed by atoms with van der Waals surface area (Å²) in [5.74, 6) is -0.0244. The molecular weight excluding hydrogens is 306 g/mol. The Morgan fingerprint density at radius 1 is 1.11 bits per heavy atom. The van der Waals surface area contributed by atoms with Crippen LogP contribution in [0.3, 0.4) is 0 Å². The summed E-state index contributed by atoms with van der Waals surface area (Å²) in [5, 5.41) is 12.4. The molecule has 2 rings (SSSR count). The number of amides is 1. The number of nitrogens with one attached hydrogen (secondary N) is 1. The van der Waals surface area contributed by atoms with Crippen molar-refractivity contribution in [2.45, 2.75) is 13.8 Å². The molecule has 2 aromatic carbocycles. The Morgan fingerprint density at radius 3 is 2.47 bits per heavy atom. The molecule has 0 fully saturated rings. The second kappa shape index (κ2) is 5.45. The van der Waals surface area contributed by atoms with Gasteiger partial charge in [-0.2, -0.15) is 0 Å². The third-order valence-electron chi connectivity index (χ3n) is 2.89. The highest BCUT2D eigenvalue weighted by Crippen LogP contribution is 2.22. The van der Waals surface area contributed by atoms with Gasteiger partial charge in [0.15, 0.2) is 0 Å². The highest BCUT2D eigenvalue weighted by Gasteiger charge is 2.08. The predicted octanol–water partition coefficient (Wildman–Crippen LogP) is 4.02. The fourth-order valence-electron chi connectivity index (χ4n) is 1.68. The van der Waals surface area contributed by atoms with E-state index in [4.69, 9.17) is 0 Å². The SMILES string of the molecule is Cc1ccc(NC(=O)c2ccc(Br)c(C)c2)cc1O. The first-order valence-corrected chi connectivity index (χ1v) is 6.64. The largest absolute Gasteiger partial charge is 0.508 e. The van der Waals surface area contributed by atoms with Crippen molar-refractivity contribution in [1.82, 2.24) is 0 Å². The number of aryl methyl sites for hydroxylation is 2. The van der Waals surface area contributed by atoms with E-state index in [2.05, 4.69) is 21.2 Å². The van der Waals surface area contributed by atoms with Gasteiger partial charge in [-0.05, 0) is 49.2 Å². The zero-order chi connectivity index (χ0) is 14.0. The minimum atomic E-state index is -0.196. The molecule has 4 heteroatoms.